The van der Waals surface area contributed by atoms with Gasteiger partial charge in [-0.2, -0.15) is 0 Å². The third-order valence-electron chi connectivity index (χ3n) is 7.07. The highest BCUT2D eigenvalue weighted by Gasteiger charge is 2.34. The van der Waals surface area contributed by atoms with Gasteiger partial charge in [-0.1, -0.05) is 44.2 Å². The molecule has 1 fully saturated rings. The van der Waals surface area contributed by atoms with Crippen molar-refractivity contribution in [3.05, 3.63) is 57.8 Å². The smallest absolute Gasteiger partial charge is 0.264 e. The van der Waals surface area contributed by atoms with Crippen molar-refractivity contribution in [1.82, 2.24) is 25.8 Å². The summed E-state index contributed by atoms with van der Waals surface area (Å²) >= 11 is 1.05. The highest BCUT2D eigenvalue weighted by molar-refractivity contribution is 7.15. The zero-order valence-electron chi connectivity index (χ0n) is 24.6. The summed E-state index contributed by atoms with van der Waals surface area (Å²) < 4.78 is 0. The Morgan fingerprint density at radius 1 is 0.976 bits per heavy atom. The molecule has 0 radical (unpaired) electrons. The number of hydrogen-bond donors (Lipinski definition) is 3. The van der Waals surface area contributed by atoms with Crippen molar-refractivity contribution < 1.29 is 28.8 Å². The lowest BCUT2D eigenvalue weighted by molar-refractivity contribution is -0.140. The molecule has 226 valence electrons. The molecular formula is C30H39N5O6S. The number of hydrogen-bond acceptors (Lipinski definition) is 7. The zero-order valence-corrected chi connectivity index (χ0v) is 25.5. The largest absolute Gasteiger partial charge is 0.354 e. The van der Waals surface area contributed by atoms with Gasteiger partial charge < -0.3 is 25.8 Å². The Labute approximate surface area is 250 Å². The summed E-state index contributed by atoms with van der Waals surface area (Å²) in [7, 11) is 1.46. The van der Waals surface area contributed by atoms with E-state index in [2.05, 4.69) is 16.0 Å². The van der Waals surface area contributed by atoms with Gasteiger partial charge in [0.15, 0.2) is 5.78 Å². The molecule has 1 aromatic carbocycles. The Hall–Kier alpha value is -4.06. The molecule has 1 aliphatic heterocycles. The second-order valence-electron chi connectivity index (χ2n) is 10.8. The van der Waals surface area contributed by atoms with Crippen LogP contribution in [0.5, 0.6) is 0 Å². The van der Waals surface area contributed by atoms with E-state index in [1.54, 1.807) is 32.9 Å². The van der Waals surface area contributed by atoms with E-state index in [4.69, 9.17) is 0 Å². The first-order chi connectivity index (χ1) is 19.9. The molecule has 0 spiro atoms. The van der Waals surface area contributed by atoms with Crippen LogP contribution >= 0.6 is 11.3 Å². The van der Waals surface area contributed by atoms with E-state index in [0.29, 0.717) is 16.2 Å². The lowest BCUT2D eigenvalue weighted by Gasteiger charge is -2.32. The highest BCUT2D eigenvalue weighted by Crippen LogP contribution is 2.21. The van der Waals surface area contributed by atoms with Crippen molar-refractivity contribution in [3.63, 3.8) is 0 Å². The summed E-state index contributed by atoms with van der Waals surface area (Å²) in [6.45, 7) is 6.54. The monoisotopic (exact) mass is 597 g/mol. The van der Waals surface area contributed by atoms with Gasteiger partial charge in [-0.25, -0.2) is 0 Å². The lowest BCUT2D eigenvalue weighted by atomic mass is 10.0. The summed E-state index contributed by atoms with van der Waals surface area (Å²) in [4.78, 5) is 81.6. The summed E-state index contributed by atoms with van der Waals surface area (Å²) in [5.41, 5.74) is 0.853. The minimum atomic E-state index is -0.961. The van der Waals surface area contributed by atoms with Crippen LogP contribution in [-0.4, -0.2) is 89.9 Å². The van der Waals surface area contributed by atoms with E-state index in [9.17, 15) is 28.8 Å². The van der Waals surface area contributed by atoms with Crippen molar-refractivity contribution in [1.29, 1.82) is 0 Å². The summed E-state index contributed by atoms with van der Waals surface area (Å²) in [5, 5.41) is 8.35. The molecule has 3 N–H and O–H groups in total. The van der Waals surface area contributed by atoms with E-state index < -0.39 is 47.7 Å². The fraction of sp³-hybridized carbons (Fsp3) is 0.467. The molecule has 2 heterocycles. The third-order valence-corrected chi connectivity index (χ3v) is 8.24. The van der Waals surface area contributed by atoms with Crippen LogP contribution < -0.4 is 16.0 Å². The van der Waals surface area contributed by atoms with Gasteiger partial charge in [0, 0.05) is 26.6 Å². The van der Waals surface area contributed by atoms with Crippen LogP contribution in [0.2, 0.25) is 0 Å². The highest BCUT2D eigenvalue weighted by atomic mass is 32.1. The van der Waals surface area contributed by atoms with Gasteiger partial charge in [0.1, 0.15) is 18.1 Å². The van der Waals surface area contributed by atoms with Crippen LogP contribution in [0.4, 0.5) is 0 Å². The van der Waals surface area contributed by atoms with Gasteiger partial charge in [0.2, 0.25) is 23.6 Å². The van der Waals surface area contributed by atoms with Gasteiger partial charge in [0.05, 0.1) is 16.3 Å². The number of Topliss-reactive ketones (excluding diaryl/α,β-unsaturated/α-hetero) is 1. The minimum absolute atomic E-state index is 0.122. The van der Waals surface area contributed by atoms with Crippen LogP contribution in [-0.2, 0) is 25.6 Å². The van der Waals surface area contributed by atoms with Crippen molar-refractivity contribution in [2.24, 2.45) is 5.92 Å². The van der Waals surface area contributed by atoms with Crippen molar-refractivity contribution in [2.75, 3.05) is 26.7 Å². The standard InChI is InChI=1S/C30H39N5O6S/c1-18(2)26-30(41)34(5)17-25(37)32-22(16-21-10-7-6-8-11-21)28(39)31-14-9-15-35(19(3)27(38)33-26)29(40)24-13-12-23(42-24)20(4)36/h6-8,10-13,18-19,22,26H,9,14-17H2,1-5H3,(H,31,39)(H,32,37)(H,33,38)/t19-,22+,26+/m1/s1. The first-order valence-corrected chi connectivity index (χ1v) is 14.8. The Bertz CT molecular complexity index is 1310. The molecule has 1 saturated heterocycles. The third kappa shape index (κ3) is 8.48. The van der Waals surface area contributed by atoms with Crippen molar-refractivity contribution >= 4 is 46.7 Å². The Morgan fingerprint density at radius 2 is 1.64 bits per heavy atom. The quantitative estimate of drug-likeness (QED) is 0.447. The van der Waals surface area contributed by atoms with Crippen LogP contribution in [0.3, 0.4) is 0 Å². The molecule has 0 bridgehead atoms. The van der Waals surface area contributed by atoms with Gasteiger partial charge >= 0.3 is 0 Å². The normalized spacial score (nSPS) is 21.5. The molecule has 3 rings (SSSR count). The van der Waals surface area contributed by atoms with Crippen molar-refractivity contribution in [2.45, 2.75) is 58.7 Å². The van der Waals surface area contributed by atoms with Gasteiger partial charge in [-0.15, -0.1) is 11.3 Å². The molecule has 0 saturated carbocycles. The number of carbonyl (C=O) groups is 6. The number of carbonyl (C=O) groups excluding carboxylic acids is 6. The Balaban J connectivity index is 1.91. The molecule has 2 aromatic rings. The van der Waals surface area contributed by atoms with E-state index in [1.165, 1.54) is 23.8 Å². The molecule has 1 aromatic heterocycles. The topological polar surface area (TPSA) is 145 Å². The second-order valence-corrected chi connectivity index (χ2v) is 11.9. The molecule has 12 heteroatoms. The summed E-state index contributed by atoms with van der Waals surface area (Å²) in [6.07, 6.45) is 0.570. The number of rotatable bonds is 5. The number of nitrogens with one attached hydrogen (secondary N) is 3. The predicted molar refractivity (Wildman–Crippen MR) is 159 cm³/mol. The van der Waals surface area contributed by atoms with E-state index in [0.717, 1.165) is 16.9 Å². The predicted octanol–water partition coefficient (Wildman–Crippen LogP) is 1.63. The minimum Gasteiger partial charge on any atom is -0.354 e. The van der Waals surface area contributed by atoms with Gasteiger partial charge in [0.25, 0.3) is 5.91 Å². The SMILES string of the molecule is CC(=O)c1ccc(C(=O)N2CCCNC(=O)[C@H](Cc3ccccc3)NC(=O)CN(C)C(=O)[C@H](C(C)C)NC(=O)[C@H]2C)s1. The summed E-state index contributed by atoms with van der Waals surface area (Å²) in [5.74, 6) is -2.82. The zero-order chi connectivity index (χ0) is 31.0. The molecular weight excluding hydrogens is 558 g/mol. The number of ketones is 1. The Morgan fingerprint density at radius 3 is 2.26 bits per heavy atom. The molecule has 3 atom stereocenters. The lowest BCUT2D eigenvalue weighted by Crippen LogP contribution is -2.57. The maximum absolute atomic E-state index is 13.6. The van der Waals surface area contributed by atoms with E-state index in [1.807, 2.05) is 30.3 Å². The molecule has 5 amide bonds. The maximum atomic E-state index is 13.6. The molecule has 11 nitrogen and oxygen atoms in total. The maximum Gasteiger partial charge on any atom is 0.264 e. The fourth-order valence-corrected chi connectivity index (χ4v) is 5.45. The number of thiophene rings is 1. The van der Waals surface area contributed by atoms with Crippen LogP contribution in [0, 0.1) is 5.92 Å². The Kier molecular flexibility index (Phi) is 11.4. The van der Waals surface area contributed by atoms with Gasteiger partial charge in [-0.05, 0) is 43.9 Å². The van der Waals surface area contributed by atoms with Crippen LogP contribution in [0.25, 0.3) is 0 Å². The molecule has 0 unspecified atom stereocenters. The van der Waals surface area contributed by atoms with Crippen molar-refractivity contribution in [3.8, 4) is 0 Å². The number of amides is 5. The summed E-state index contributed by atoms with van der Waals surface area (Å²) in [6, 6.07) is 9.60. The van der Waals surface area contributed by atoms with E-state index >= 15 is 0 Å². The molecule has 1 aliphatic rings. The second kappa shape index (κ2) is 14.7. The molecule has 42 heavy (non-hydrogen) atoms. The number of nitrogens with zero attached hydrogens (tertiary/aromatic N) is 2. The number of benzene rings is 1. The van der Waals surface area contributed by atoms with Crippen LogP contribution in [0.15, 0.2) is 42.5 Å². The first-order valence-electron chi connectivity index (χ1n) is 14.0. The fourth-order valence-electron chi connectivity index (χ4n) is 4.60. The average Bonchev–Trinajstić information content (AvgIpc) is 3.45. The average molecular weight is 598 g/mol. The number of likely N-dealkylation sites (N-methyl/N-ethyl adjacent to an activating group) is 1. The first kappa shape index (κ1) is 32.5. The van der Waals surface area contributed by atoms with Crippen LogP contribution in [0.1, 0.15) is 59.0 Å². The molecule has 0 aliphatic carbocycles. The van der Waals surface area contributed by atoms with E-state index in [-0.39, 0.29) is 37.8 Å². The van der Waals surface area contributed by atoms with Gasteiger partial charge in [-0.3, -0.25) is 28.8 Å².